The Morgan fingerprint density at radius 3 is 2.59 bits per heavy atom. The van der Waals surface area contributed by atoms with E-state index in [0.717, 1.165) is 36.2 Å². The van der Waals surface area contributed by atoms with Crippen molar-refractivity contribution in [3.8, 4) is 5.75 Å². The number of hydrogen-bond donors (Lipinski definition) is 3. The maximum absolute atomic E-state index is 11.8. The van der Waals surface area contributed by atoms with Crippen LogP contribution >= 0.6 is 0 Å². The van der Waals surface area contributed by atoms with Gasteiger partial charge in [-0.25, -0.2) is 9.59 Å². The van der Waals surface area contributed by atoms with Gasteiger partial charge in [-0.15, -0.1) is 0 Å². The van der Waals surface area contributed by atoms with Gasteiger partial charge in [-0.1, -0.05) is 18.2 Å². The molecule has 0 atom stereocenters. The van der Waals surface area contributed by atoms with E-state index in [9.17, 15) is 14.7 Å². The summed E-state index contributed by atoms with van der Waals surface area (Å²) in [6.07, 6.45) is 3.90. The topological polar surface area (TPSA) is 101 Å². The number of aliphatic carboxylic acids is 2. The van der Waals surface area contributed by atoms with Gasteiger partial charge in [-0.05, 0) is 25.2 Å². The number of carboxylic acids is 2. The van der Waals surface area contributed by atoms with Crippen LogP contribution in [-0.4, -0.2) is 39.8 Å². The minimum Gasteiger partial charge on any atom is -0.481 e. The normalized spacial score (nSPS) is 18.1. The second-order valence-electron chi connectivity index (χ2n) is 6.86. The molecule has 1 aromatic carbocycles. The average molecular weight is 368 g/mol. The van der Waals surface area contributed by atoms with Crippen LogP contribution in [0.25, 0.3) is 5.57 Å². The highest BCUT2D eigenvalue weighted by Gasteiger charge is 2.43. The molecule has 0 radical (unpaired) electrons. The van der Waals surface area contributed by atoms with Gasteiger partial charge in [0.05, 0.1) is 17.8 Å². The smallest absolute Gasteiger partial charge is 0.336 e. The number of aromatic nitrogens is 1. The van der Waals surface area contributed by atoms with Gasteiger partial charge in [0.1, 0.15) is 5.75 Å². The molecule has 27 heavy (non-hydrogen) atoms. The molecule has 1 saturated heterocycles. The zero-order chi connectivity index (χ0) is 19.0. The van der Waals surface area contributed by atoms with E-state index in [1.807, 2.05) is 35.0 Å². The Morgan fingerprint density at radius 2 is 1.89 bits per heavy atom. The van der Waals surface area contributed by atoms with E-state index in [1.54, 1.807) is 6.07 Å². The van der Waals surface area contributed by atoms with Gasteiger partial charge < -0.3 is 24.8 Å². The van der Waals surface area contributed by atoms with E-state index in [-0.39, 0.29) is 5.57 Å². The zero-order valence-electron chi connectivity index (χ0n) is 14.6. The lowest BCUT2D eigenvalue weighted by molar-refractivity contribution is -0.133. The molecule has 140 valence electrons. The van der Waals surface area contributed by atoms with Gasteiger partial charge in [-0.2, -0.15) is 0 Å². The highest BCUT2D eigenvalue weighted by molar-refractivity contribution is 6.19. The molecule has 3 heterocycles. The second kappa shape index (κ2) is 6.59. The molecule has 0 amide bonds. The predicted octanol–water partition coefficient (Wildman–Crippen LogP) is 2.06. The third kappa shape index (κ3) is 3.00. The molecule has 0 aliphatic carbocycles. The number of nitrogens with one attached hydrogen (secondary N) is 1. The van der Waals surface area contributed by atoms with E-state index >= 15 is 0 Å². The van der Waals surface area contributed by atoms with Crippen LogP contribution in [0.4, 0.5) is 0 Å². The Bertz CT molecular complexity index is 938. The van der Waals surface area contributed by atoms with Crippen LogP contribution in [0.2, 0.25) is 0 Å². The Kier molecular flexibility index (Phi) is 4.24. The van der Waals surface area contributed by atoms with Crippen molar-refractivity contribution in [1.82, 2.24) is 9.88 Å². The summed E-state index contributed by atoms with van der Waals surface area (Å²) in [5, 5.41) is 22.1. The first kappa shape index (κ1) is 17.4. The number of hydrogen-bond acceptors (Lipinski definition) is 4. The summed E-state index contributed by atoms with van der Waals surface area (Å²) in [6.45, 7) is 2.01. The first-order chi connectivity index (χ1) is 13.0. The molecular weight excluding hydrogens is 348 g/mol. The van der Waals surface area contributed by atoms with Crippen molar-refractivity contribution >= 4 is 17.5 Å². The Labute approximate surface area is 155 Å². The monoisotopic (exact) mass is 368 g/mol. The van der Waals surface area contributed by atoms with E-state index in [2.05, 4.69) is 5.32 Å². The number of benzene rings is 1. The molecular formula is C20H20N2O5. The van der Waals surface area contributed by atoms with Crippen LogP contribution in [0, 0.1) is 0 Å². The molecule has 4 rings (SSSR count). The number of para-hydroxylation sites is 1. The summed E-state index contributed by atoms with van der Waals surface area (Å²) in [4.78, 5) is 23.0. The van der Waals surface area contributed by atoms with Crippen LogP contribution < -0.4 is 10.1 Å². The highest BCUT2D eigenvalue weighted by atomic mass is 16.5. The fraction of sp³-hybridized carbons (Fsp3) is 0.300. The third-order valence-corrected chi connectivity index (χ3v) is 5.21. The van der Waals surface area contributed by atoms with E-state index < -0.39 is 17.5 Å². The first-order valence-corrected chi connectivity index (χ1v) is 8.86. The molecule has 2 aliphatic rings. The quantitative estimate of drug-likeness (QED) is 0.717. The summed E-state index contributed by atoms with van der Waals surface area (Å²) in [6, 6.07) is 9.46. The van der Waals surface area contributed by atoms with Gasteiger partial charge in [-0.3, -0.25) is 0 Å². The second-order valence-corrected chi connectivity index (χ2v) is 6.86. The molecule has 7 heteroatoms. The number of ether oxygens (including phenoxy) is 1. The maximum atomic E-state index is 11.8. The van der Waals surface area contributed by atoms with Crippen molar-refractivity contribution in [2.24, 2.45) is 0 Å². The van der Waals surface area contributed by atoms with Crippen LogP contribution in [0.1, 0.15) is 29.7 Å². The van der Waals surface area contributed by atoms with Gasteiger partial charge in [0.15, 0.2) is 5.60 Å². The number of carbonyl (C=O) groups is 2. The van der Waals surface area contributed by atoms with E-state index in [0.29, 0.717) is 24.9 Å². The molecule has 0 unspecified atom stereocenters. The standard InChI is InChI=1S/C20H20N2O5/c23-17(24)11-15(19(25)26)14-5-10-22-12-13-3-1-2-4-16(13)27-20(18(14)22)6-8-21-9-7-20/h1-5,10-11,21H,6-9,12H2,(H,23,24)(H,25,26). The molecule has 7 nitrogen and oxygen atoms in total. The summed E-state index contributed by atoms with van der Waals surface area (Å²) in [5.41, 5.74) is 1.21. The Balaban J connectivity index is 1.94. The maximum Gasteiger partial charge on any atom is 0.336 e. The first-order valence-electron chi connectivity index (χ1n) is 8.86. The van der Waals surface area contributed by atoms with Gasteiger partial charge >= 0.3 is 11.9 Å². The molecule has 1 aromatic heterocycles. The lowest BCUT2D eigenvalue weighted by Gasteiger charge is -2.38. The van der Waals surface area contributed by atoms with Crippen LogP contribution in [-0.2, 0) is 21.7 Å². The molecule has 0 bridgehead atoms. The van der Waals surface area contributed by atoms with Crippen LogP contribution in [0.15, 0.2) is 42.6 Å². The summed E-state index contributed by atoms with van der Waals surface area (Å²) in [7, 11) is 0. The summed E-state index contributed by atoms with van der Waals surface area (Å²) >= 11 is 0. The Morgan fingerprint density at radius 1 is 1.15 bits per heavy atom. The van der Waals surface area contributed by atoms with E-state index in [4.69, 9.17) is 9.84 Å². The largest absolute Gasteiger partial charge is 0.481 e. The molecule has 0 saturated carbocycles. The summed E-state index contributed by atoms with van der Waals surface area (Å²) < 4.78 is 8.51. The fourth-order valence-electron chi connectivity index (χ4n) is 4.05. The average Bonchev–Trinajstić information content (AvgIpc) is 3.00. The SMILES string of the molecule is O=C(O)C=C(C(=O)O)c1ccn2c1C1(CCNCC1)Oc1ccccc1C2. The highest BCUT2D eigenvalue weighted by Crippen LogP contribution is 2.43. The number of carboxylic acid groups (broad SMARTS) is 2. The molecule has 3 N–H and O–H groups in total. The van der Waals surface area contributed by atoms with Crippen molar-refractivity contribution in [3.05, 3.63) is 59.4 Å². The number of piperidine rings is 1. The zero-order valence-corrected chi connectivity index (χ0v) is 14.6. The van der Waals surface area contributed by atoms with Crippen molar-refractivity contribution < 1.29 is 24.5 Å². The molecule has 1 fully saturated rings. The van der Waals surface area contributed by atoms with Crippen molar-refractivity contribution in [1.29, 1.82) is 0 Å². The third-order valence-electron chi connectivity index (χ3n) is 5.21. The number of rotatable bonds is 3. The Hall–Kier alpha value is -3.06. The van der Waals surface area contributed by atoms with Crippen LogP contribution in [0.3, 0.4) is 0 Å². The van der Waals surface area contributed by atoms with Gasteiger partial charge in [0.2, 0.25) is 0 Å². The van der Waals surface area contributed by atoms with Crippen molar-refractivity contribution in [3.63, 3.8) is 0 Å². The van der Waals surface area contributed by atoms with Crippen molar-refractivity contribution in [2.75, 3.05) is 13.1 Å². The molecule has 1 spiro atoms. The van der Waals surface area contributed by atoms with Crippen molar-refractivity contribution in [2.45, 2.75) is 25.0 Å². The van der Waals surface area contributed by atoms with Gasteiger partial charge in [0.25, 0.3) is 0 Å². The lowest BCUT2D eigenvalue weighted by Crippen LogP contribution is -2.45. The predicted molar refractivity (Wildman–Crippen MR) is 97.6 cm³/mol. The number of fused-ring (bicyclic) bond motifs is 3. The minimum atomic E-state index is -1.29. The number of nitrogens with zero attached hydrogens (tertiary/aromatic N) is 1. The van der Waals surface area contributed by atoms with Gasteiger partial charge in [0, 0.05) is 36.2 Å². The summed E-state index contributed by atoms with van der Waals surface area (Å²) in [5.74, 6) is -1.77. The fourth-order valence-corrected chi connectivity index (χ4v) is 4.05. The molecule has 2 aromatic rings. The minimum absolute atomic E-state index is 0.233. The lowest BCUT2D eigenvalue weighted by atomic mass is 9.84. The van der Waals surface area contributed by atoms with Crippen LogP contribution in [0.5, 0.6) is 5.75 Å². The molecule has 2 aliphatic heterocycles. The van der Waals surface area contributed by atoms with E-state index in [1.165, 1.54) is 0 Å².